The van der Waals surface area contributed by atoms with Crippen LogP contribution in [0.3, 0.4) is 0 Å². The fraction of sp³-hybridized carbons (Fsp3) is 0.562. The molecule has 1 saturated heterocycles. The van der Waals surface area contributed by atoms with Crippen molar-refractivity contribution in [1.29, 1.82) is 0 Å². The fourth-order valence-electron chi connectivity index (χ4n) is 2.91. The van der Waals surface area contributed by atoms with Gasteiger partial charge in [0.1, 0.15) is 6.17 Å². The molecule has 2 atom stereocenters. The number of nitrogens with one attached hydrogen (secondary N) is 1. The quantitative estimate of drug-likeness (QED) is 0.903. The van der Waals surface area contributed by atoms with Crippen molar-refractivity contribution in [3.8, 4) is 0 Å². The molecule has 1 aliphatic rings. The molecule has 1 aromatic carbocycles. The van der Waals surface area contributed by atoms with Crippen LogP contribution < -0.4 is 5.32 Å². The van der Waals surface area contributed by atoms with E-state index in [0.29, 0.717) is 18.5 Å². The number of hydrogen-bond acceptors (Lipinski definition) is 2. The molecule has 0 aromatic heterocycles. The molecule has 0 saturated carbocycles. The SMILES string of the molecule is CCC(C(C)C)N1C(=O)CNC1c1ccc(C)cc1. The summed E-state index contributed by atoms with van der Waals surface area (Å²) in [5.74, 6) is 0.688. The van der Waals surface area contributed by atoms with E-state index >= 15 is 0 Å². The molecule has 1 N–H and O–H groups in total. The Kier molecular flexibility index (Phi) is 4.25. The third-order valence-corrected chi connectivity index (χ3v) is 3.95. The van der Waals surface area contributed by atoms with Crippen LogP contribution in [0.2, 0.25) is 0 Å². The van der Waals surface area contributed by atoms with E-state index in [0.717, 1.165) is 6.42 Å². The molecule has 1 heterocycles. The molecule has 0 aliphatic carbocycles. The first-order valence-corrected chi connectivity index (χ1v) is 7.15. The lowest BCUT2D eigenvalue weighted by Crippen LogP contribution is -2.42. The van der Waals surface area contributed by atoms with Gasteiger partial charge in [-0.15, -0.1) is 0 Å². The lowest BCUT2D eigenvalue weighted by Gasteiger charge is -2.35. The summed E-state index contributed by atoms with van der Waals surface area (Å²) in [6.07, 6.45) is 1.02. The molecule has 1 amide bonds. The Labute approximate surface area is 116 Å². The van der Waals surface area contributed by atoms with Crippen molar-refractivity contribution in [1.82, 2.24) is 10.2 Å². The predicted octanol–water partition coefficient (Wildman–Crippen LogP) is 2.86. The monoisotopic (exact) mass is 260 g/mol. The number of carbonyl (C=O) groups excluding carboxylic acids is 1. The van der Waals surface area contributed by atoms with Gasteiger partial charge in [-0.25, -0.2) is 0 Å². The Morgan fingerprint density at radius 3 is 2.47 bits per heavy atom. The normalized spacial score (nSPS) is 21.2. The second kappa shape index (κ2) is 5.74. The summed E-state index contributed by atoms with van der Waals surface area (Å²) < 4.78 is 0. The molecule has 2 unspecified atom stereocenters. The lowest BCUT2D eigenvalue weighted by molar-refractivity contribution is -0.131. The zero-order valence-corrected chi connectivity index (χ0v) is 12.3. The van der Waals surface area contributed by atoms with Crippen LogP contribution in [0.15, 0.2) is 24.3 Å². The van der Waals surface area contributed by atoms with Crippen LogP contribution in [0.5, 0.6) is 0 Å². The largest absolute Gasteiger partial charge is 0.319 e. The van der Waals surface area contributed by atoms with Gasteiger partial charge in [0.15, 0.2) is 0 Å². The minimum atomic E-state index is 0.0282. The van der Waals surface area contributed by atoms with Crippen molar-refractivity contribution in [2.45, 2.75) is 46.3 Å². The first kappa shape index (κ1) is 14.1. The minimum absolute atomic E-state index is 0.0282. The van der Waals surface area contributed by atoms with Crippen LogP contribution in [0.25, 0.3) is 0 Å². The fourth-order valence-corrected chi connectivity index (χ4v) is 2.91. The van der Waals surface area contributed by atoms with E-state index in [9.17, 15) is 4.79 Å². The molecule has 0 spiro atoms. The molecule has 2 rings (SSSR count). The highest BCUT2D eigenvalue weighted by Crippen LogP contribution is 2.29. The van der Waals surface area contributed by atoms with Gasteiger partial charge in [0.05, 0.1) is 6.54 Å². The Bertz CT molecular complexity index is 439. The van der Waals surface area contributed by atoms with Crippen molar-refractivity contribution in [3.63, 3.8) is 0 Å². The van der Waals surface area contributed by atoms with E-state index in [1.54, 1.807) is 0 Å². The second-order valence-electron chi connectivity index (χ2n) is 5.71. The molecule has 1 aliphatic heterocycles. The van der Waals surface area contributed by atoms with Crippen LogP contribution in [0.1, 0.15) is 44.5 Å². The number of carbonyl (C=O) groups is 1. The topological polar surface area (TPSA) is 32.3 Å². The minimum Gasteiger partial charge on any atom is -0.319 e. The third-order valence-electron chi connectivity index (χ3n) is 3.95. The van der Waals surface area contributed by atoms with Gasteiger partial charge >= 0.3 is 0 Å². The van der Waals surface area contributed by atoms with Crippen molar-refractivity contribution >= 4 is 5.91 Å². The van der Waals surface area contributed by atoms with Gasteiger partial charge in [-0.2, -0.15) is 0 Å². The smallest absolute Gasteiger partial charge is 0.238 e. The standard InChI is InChI=1S/C16H24N2O/c1-5-14(11(2)3)18-15(19)10-17-16(18)13-8-6-12(4)7-9-13/h6-9,11,14,16-17H,5,10H2,1-4H3. The van der Waals surface area contributed by atoms with Crippen LogP contribution in [0, 0.1) is 12.8 Å². The maximum atomic E-state index is 12.2. The van der Waals surface area contributed by atoms with Gasteiger partial charge in [0, 0.05) is 6.04 Å². The number of hydrogen-bond donors (Lipinski definition) is 1. The molecule has 3 nitrogen and oxygen atoms in total. The molecule has 19 heavy (non-hydrogen) atoms. The highest BCUT2D eigenvalue weighted by molar-refractivity contribution is 5.81. The van der Waals surface area contributed by atoms with Crippen molar-refractivity contribution < 1.29 is 4.79 Å². The van der Waals surface area contributed by atoms with Gasteiger partial charge in [-0.3, -0.25) is 10.1 Å². The van der Waals surface area contributed by atoms with Gasteiger partial charge in [0.2, 0.25) is 5.91 Å². The van der Waals surface area contributed by atoms with E-state index < -0.39 is 0 Å². The lowest BCUT2D eigenvalue weighted by atomic mass is 9.98. The molecule has 1 fully saturated rings. The van der Waals surface area contributed by atoms with E-state index in [1.807, 2.05) is 4.90 Å². The summed E-state index contributed by atoms with van der Waals surface area (Å²) in [5, 5.41) is 3.34. The average Bonchev–Trinajstić information content (AvgIpc) is 2.74. The Hall–Kier alpha value is -1.35. The number of benzene rings is 1. The second-order valence-corrected chi connectivity index (χ2v) is 5.71. The average molecular weight is 260 g/mol. The Morgan fingerprint density at radius 2 is 1.95 bits per heavy atom. The Morgan fingerprint density at radius 1 is 1.32 bits per heavy atom. The number of rotatable bonds is 4. The van der Waals surface area contributed by atoms with E-state index in [-0.39, 0.29) is 12.1 Å². The third kappa shape index (κ3) is 2.81. The summed E-state index contributed by atoms with van der Waals surface area (Å²) in [6, 6.07) is 8.74. The molecule has 1 aromatic rings. The van der Waals surface area contributed by atoms with Gasteiger partial charge in [-0.1, -0.05) is 50.6 Å². The van der Waals surface area contributed by atoms with Crippen LogP contribution in [-0.2, 0) is 4.79 Å². The van der Waals surface area contributed by atoms with Crippen molar-refractivity contribution in [2.24, 2.45) is 5.92 Å². The zero-order valence-electron chi connectivity index (χ0n) is 12.3. The summed E-state index contributed by atoms with van der Waals surface area (Å²) >= 11 is 0. The zero-order chi connectivity index (χ0) is 14.0. The van der Waals surface area contributed by atoms with Crippen LogP contribution in [0.4, 0.5) is 0 Å². The van der Waals surface area contributed by atoms with Crippen LogP contribution >= 0.6 is 0 Å². The highest BCUT2D eigenvalue weighted by Gasteiger charge is 2.36. The summed E-state index contributed by atoms with van der Waals surface area (Å²) in [4.78, 5) is 14.2. The summed E-state index contributed by atoms with van der Waals surface area (Å²) in [5.41, 5.74) is 2.42. The van der Waals surface area contributed by atoms with E-state index in [1.165, 1.54) is 11.1 Å². The molecular weight excluding hydrogens is 236 g/mol. The van der Waals surface area contributed by atoms with Crippen molar-refractivity contribution in [2.75, 3.05) is 6.54 Å². The first-order valence-electron chi connectivity index (χ1n) is 7.15. The maximum absolute atomic E-state index is 12.2. The number of nitrogens with zero attached hydrogens (tertiary/aromatic N) is 1. The predicted molar refractivity (Wildman–Crippen MR) is 77.7 cm³/mol. The molecular formula is C16H24N2O. The van der Waals surface area contributed by atoms with Gasteiger partial charge < -0.3 is 4.90 Å². The first-order chi connectivity index (χ1) is 9.04. The molecule has 3 heteroatoms. The van der Waals surface area contributed by atoms with E-state index in [4.69, 9.17) is 0 Å². The molecule has 104 valence electrons. The number of amides is 1. The number of aryl methyl sites for hydroxylation is 1. The molecule has 0 radical (unpaired) electrons. The maximum Gasteiger partial charge on any atom is 0.238 e. The Balaban J connectivity index is 2.28. The summed E-state index contributed by atoms with van der Waals surface area (Å²) in [7, 11) is 0. The summed E-state index contributed by atoms with van der Waals surface area (Å²) in [6.45, 7) is 9.06. The van der Waals surface area contributed by atoms with E-state index in [2.05, 4.69) is 57.3 Å². The van der Waals surface area contributed by atoms with Crippen LogP contribution in [-0.4, -0.2) is 23.4 Å². The molecule has 0 bridgehead atoms. The van der Waals surface area contributed by atoms with Gasteiger partial charge in [-0.05, 0) is 24.8 Å². The van der Waals surface area contributed by atoms with Crippen molar-refractivity contribution in [3.05, 3.63) is 35.4 Å². The van der Waals surface area contributed by atoms with Gasteiger partial charge in [0.25, 0.3) is 0 Å². The highest BCUT2D eigenvalue weighted by atomic mass is 16.2.